The number of carbonyl (C=O) groups is 1. The van der Waals surface area contributed by atoms with Gasteiger partial charge in [0.15, 0.2) is 11.0 Å². The van der Waals surface area contributed by atoms with Gasteiger partial charge in [-0.2, -0.15) is 5.10 Å². The molecule has 154 valence electrons. The van der Waals surface area contributed by atoms with E-state index in [9.17, 15) is 9.90 Å². The second kappa shape index (κ2) is 9.73. The Morgan fingerprint density at radius 3 is 2.48 bits per heavy atom. The Kier molecular flexibility index (Phi) is 6.39. The topological polar surface area (TPSA) is 92.4 Å². The lowest BCUT2D eigenvalue weighted by Crippen LogP contribution is -2.20. The molecule has 7 nitrogen and oxygen atoms in total. The van der Waals surface area contributed by atoms with Crippen LogP contribution >= 0.6 is 11.8 Å². The molecule has 4 rings (SSSR count). The van der Waals surface area contributed by atoms with E-state index in [2.05, 4.69) is 20.7 Å². The molecule has 0 fully saturated rings. The summed E-state index contributed by atoms with van der Waals surface area (Å²) < 4.78 is 1.93. The number of aromatic hydroxyl groups is 1. The van der Waals surface area contributed by atoms with Gasteiger partial charge in [0.1, 0.15) is 5.75 Å². The van der Waals surface area contributed by atoms with Crippen molar-refractivity contribution in [2.24, 2.45) is 5.10 Å². The van der Waals surface area contributed by atoms with Gasteiger partial charge in [0.25, 0.3) is 5.91 Å². The molecule has 0 saturated heterocycles. The number of aromatic nitrogens is 3. The summed E-state index contributed by atoms with van der Waals surface area (Å²) in [5, 5.41) is 22.7. The van der Waals surface area contributed by atoms with Crippen molar-refractivity contribution >= 4 is 23.9 Å². The molecule has 1 amide bonds. The molecule has 1 heterocycles. The summed E-state index contributed by atoms with van der Waals surface area (Å²) >= 11 is 1.28. The molecule has 0 aliphatic heterocycles. The number of benzene rings is 3. The number of hydrogen-bond donors (Lipinski definition) is 2. The molecule has 0 unspecified atom stereocenters. The van der Waals surface area contributed by atoms with Gasteiger partial charge in [0.2, 0.25) is 0 Å². The quantitative estimate of drug-likeness (QED) is 0.264. The fourth-order valence-electron chi connectivity index (χ4n) is 2.89. The monoisotopic (exact) mass is 429 g/mol. The summed E-state index contributed by atoms with van der Waals surface area (Å²) in [6, 6.07) is 26.2. The Hall–Kier alpha value is -3.91. The maximum absolute atomic E-state index is 12.2. The highest BCUT2D eigenvalue weighted by Gasteiger charge is 2.16. The zero-order valence-corrected chi connectivity index (χ0v) is 17.2. The number of carbonyl (C=O) groups excluding carboxylic acids is 1. The molecule has 0 radical (unpaired) electrons. The minimum atomic E-state index is -0.273. The number of rotatable bonds is 7. The smallest absolute Gasteiger partial charge is 0.250 e. The second-order valence-corrected chi connectivity index (χ2v) is 7.46. The first-order chi connectivity index (χ1) is 15.2. The van der Waals surface area contributed by atoms with E-state index in [4.69, 9.17) is 0 Å². The van der Waals surface area contributed by atoms with Crippen LogP contribution in [0.4, 0.5) is 0 Å². The van der Waals surface area contributed by atoms with Crippen LogP contribution in [0.2, 0.25) is 0 Å². The first-order valence-electron chi connectivity index (χ1n) is 9.51. The number of nitrogens with zero attached hydrogens (tertiary/aromatic N) is 4. The number of hydrogen-bond acceptors (Lipinski definition) is 6. The molecule has 8 heteroatoms. The summed E-state index contributed by atoms with van der Waals surface area (Å²) in [7, 11) is 0. The molecule has 31 heavy (non-hydrogen) atoms. The summed E-state index contributed by atoms with van der Waals surface area (Å²) in [6.07, 6.45) is 1.47. The Labute approximate surface area is 183 Å². The Morgan fingerprint density at radius 1 is 1.00 bits per heavy atom. The first-order valence-corrected chi connectivity index (χ1v) is 10.5. The van der Waals surface area contributed by atoms with Gasteiger partial charge in [-0.3, -0.25) is 9.36 Å². The van der Waals surface area contributed by atoms with Crippen LogP contribution in [-0.2, 0) is 4.79 Å². The lowest BCUT2D eigenvalue weighted by atomic mass is 10.2. The lowest BCUT2D eigenvalue weighted by Gasteiger charge is -2.10. The number of phenols is 1. The van der Waals surface area contributed by atoms with Crippen molar-refractivity contribution in [3.8, 4) is 22.8 Å². The van der Waals surface area contributed by atoms with Crippen LogP contribution in [0, 0.1) is 0 Å². The van der Waals surface area contributed by atoms with Crippen molar-refractivity contribution in [3.05, 3.63) is 90.5 Å². The van der Waals surface area contributed by atoms with Crippen molar-refractivity contribution in [2.75, 3.05) is 5.75 Å². The highest BCUT2D eigenvalue weighted by Crippen LogP contribution is 2.27. The van der Waals surface area contributed by atoms with Gasteiger partial charge in [0, 0.05) is 11.3 Å². The minimum Gasteiger partial charge on any atom is -0.508 e. The normalized spacial score (nSPS) is 11.0. The molecule has 1 aromatic heterocycles. The predicted molar refractivity (Wildman–Crippen MR) is 121 cm³/mol. The van der Waals surface area contributed by atoms with Gasteiger partial charge in [-0.05, 0) is 29.8 Å². The zero-order valence-electron chi connectivity index (χ0n) is 16.4. The van der Waals surface area contributed by atoms with E-state index >= 15 is 0 Å². The fourth-order valence-corrected chi connectivity index (χ4v) is 3.64. The molecule has 0 saturated carbocycles. The van der Waals surface area contributed by atoms with Gasteiger partial charge >= 0.3 is 0 Å². The number of hydrazone groups is 1. The zero-order chi connectivity index (χ0) is 21.5. The van der Waals surface area contributed by atoms with Crippen molar-refractivity contribution in [1.82, 2.24) is 20.2 Å². The molecular weight excluding hydrogens is 410 g/mol. The second-order valence-electron chi connectivity index (χ2n) is 6.52. The van der Waals surface area contributed by atoms with Crippen LogP contribution in [0.25, 0.3) is 17.1 Å². The molecule has 0 aliphatic rings. The van der Waals surface area contributed by atoms with E-state index < -0.39 is 0 Å². The largest absolute Gasteiger partial charge is 0.508 e. The summed E-state index contributed by atoms with van der Waals surface area (Å²) in [6.45, 7) is 0. The Morgan fingerprint density at radius 2 is 1.74 bits per heavy atom. The van der Waals surface area contributed by atoms with Crippen molar-refractivity contribution < 1.29 is 9.90 Å². The number of amides is 1. The predicted octanol–water partition coefficient (Wildman–Crippen LogP) is 3.88. The molecule has 0 bridgehead atoms. The maximum Gasteiger partial charge on any atom is 0.250 e. The molecule has 0 aliphatic carbocycles. The third kappa shape index (κ3) is 5.18. The first kappa shape index (κ1) is 20.4. The van der Waals surface area contributed by atoms with Crippen molar-refractivity contribution in [2.45, 2.75) is 5.16 Å². The fraction of sp³-hybridized carbons (Fsp3) is 0.0435. The van der Waals surface area contributed by atoms with E-state index in [1.807, 2.05) is 65.2 Å². The van der Waals surface area contributed by atoms with Crippen LogP contribution < -0.4 is 5.43 Å². The van der Waals surface area contributed by atoms with Crippen LogP contribution in [0.5, 0.6) is 5.75 Å². The highest BCUT2D eigenvalue weighted by atomic mass is 32.2. The molecule has 4 aromatic rings. The molecular formula is C23H19N5O2S. The van der Waals surface area contributed by atoms with E-state index in [0.29, 0.717) is 16.5 Å². The Bertz CT molecular complexity index is 1190. The van der Waals surface area contributed by atoms with Gasteiger partial charge in [-0.1, -0.05) is 72.4 Å². The average Bonchev–Trinajstić information content (AvgIpc) is 3.23. The molecule has 0 spiro atoms. The Balaban J connectivity index is 1.48. The highest BCUT2D eigenvalue weighted by molar-refractivity contribution is 7.99. The third-order valence-corrected chi connectivity index (χ3v) is 5.21. The van der Waals surface area contributed by atoms with E-state index in [-0.39, 0.29) is 17.4 Å². The van der Waals surface area contributed by atoms with Crippen LogP contribution in [0.15, 0.2) is 95.2 Å². The van der Waals surface area contributed by atoms with Gasteiger partial charge < -0.3 is 5.11 Å². The van der Waals surface area contributed by atoms with Crippen LogP contribution in [0.1, 0.15) is 5.56 Å². The maximum atomic E-state index is 12.2. The summed E-state index contributed by atoms with van der Waals surface area (Å²) in [5.41, 5.74) is 5.02. The summed E-state index contributed by atoms with van der Waals surface area (Å²) in [5.74, 6) is 0.694. The van der Waals surface area contributed by atoms with E-state index in [1.165, 1.54) is 18.0 Å². The van der Waals surface area contributed by atoms with Gasteiger partial charge in [-0.25, -0.2) is 5.43 Å². The lowest BCUT2D eigenvalue weighted by molar-refractivity contribution is -0.118. The van der Waals surface area contributed by atoms with Crippen LogP contribution in [-0.4, -0.2) is 37.7 Å². The van der Waals surface area contributed by atoms with E-state index in [0.717, 1.165) is 11.3 Å². The molecule has 2 N–H and O–H groups in total. The van der Waals surface area contributed by atoms with E-state index in [1.54, 1.807) is 24.3 Å². The average molecular weight is 430 g/mol. The molecule has 3 aromatic carbocycles. The molecule has 0 atom stereocenters. The van der Waals surface area contributed by atoms with Gasteiger partial charge in [-0.15, -0.1) is 10.2 Å². The number of thioether (sulfide) groups is 1. The minimum absolute atomic E-state index is 0.122. The van der Waals surface area contributed by atoms with Gasteiger partial charge in [0.05, 0.1) is 12.0 Å². The SMILES string of the molecule is O=C(CSc1nnc(-c2ccccc2)n1-c1ccccc1)NN=Cc1cccc(O)c1. The third-order valence-electron chi connectivity index (χ3n) is 4.29. The van der Waals surface area contributed by atoms with Crippen LogP contribution in [0.3, 0.4) is 0 Å². The number of nitrogens with one attached hydrogen (secondary N) is 1. The standard InChI is InChI=1S/C23H19N5O2S/c29-20-13-7-8-17(14-20)15-24-25-21(30)16-31-23-27-26-22(18-9-3-1-4-10-18)28(23)19-11-5-2-6-12-19/h1-15,29H,16H2,(H,25,30). The number of para-hydroxylation sites is 1. The van der Waals surface area contributed by atoms with Crippen molar-refractivity contribution in [3.63, 3.8) is 0 Å². The number of phenolic OH excluding ortho intramolecular Hbond substituents is 1. The summed E-state index contributed by atoms with van der Waals surface area (Å²) in [4.78, 5) is 12.2. The van der Waals surface area contributed by atoms with Crippen molar-refractivity contribution in [1.29, 1.82) is 0 Å².